The molecule has 0 aliphatic rings. The van der Waals surface area contributed by atoms with E-state index in [2.05, 4.69) is 82.1 Å². The van der Waals surface area contributed by atoms with E-state index >= 15 is 0 Å². The molecule has 2 aromatic heterocycles. The molecule has 0 saturated heterocycles. The first-order valence-electron chi connectivity index (χ1n) is 7.31. The van der Waals surface area contributed by atoms with Crippen molar-refractivity contribution >= 4 is 69.7 Å². The van der Waals surface area contributed by atoms with Gasteiger partial charge in [0.15, 0.2) is 0 Å². The van der Waals surface area contributed by atoms with E-state index in [0.717, 1.165) is 0 Å². The van der Waals surface area contributed by atoms with Crippen LogP contribution in [0.2, 0.25) is 0 Å². The summed E-state index contributed by atoms with van der Waals surface area (Å²) in [6.45, 7) is 0. The highest BCUT2D eigenvalue weighted by Gasteiger charge is 1.97. The standard InChI is InChI=1S/C16H22S6/c1-3-15(21-5-1)13-19-11-9-17-7-8-18-10-12-20-14-16-4-2-6-22-16/h1-6H,7-14H2. The monoisotopic (exact) mass is 406 g/mol. The Bertz CT molecular complexity index is 407. The summed E-state index contributed by atoms with van der Waals surface area (Å²) in [7, 11) is 0. The Morgan fingerprint density at radius 2 is 1.00 bits per heavy atom. The fraction of sp³-hybridized carbons (Fsp3) is 0.500. The van der Waals surface area contributed by atoms with Gasteiger partial charge in [-0.1, -0.05) is 12.1 Å². The summed E-state index contributed by atoms with van der Waals surface area (Å²) in [4.78, 5) is 3.01. The molecule has 0 atom stereocenters. The van der Waals surface area contributed by atoms with Gasteiger partial charge in [-0.25, -0.2) is 0 Å². The van der Waals surface area contributed by atoms with Gasteiger partial charge >= 0.3 is 0 Å². The van der Waals surface area contributed by atoms with Gasteiger partial charge in [0.05, 0.1) is 0 Å². The topological polar surface area (TPSA) is 0 Å². The van der Waals surface area contributed by atoms with Crippen LogP contribution in [0.4, 0.5) is 0 Å². The molecule has 122 valence electrons. The minimum absolute atomic E-state index is 1.19. The molecule has 6 heteroatoms. The highest BCUT2D eigenvalue weighted by atomic mass is 32.2. The van der Waals surface area contributed by atoms with E-state index in [-0.39, 0.29) is 0 Å². The maximum Gasteiger partial charge on any atom is 0.0279 e. The molecular formula is C16H22S6. The number of hydrogen-bond acceptors (Lipinski definition) is 6. The largest absolute Gasteiger partial charge is 0.160 e. The Labute approximate surface area is 159 Å². The molecule has 0 fully saturated rings. The molecule has 2 heterocycles. The quantitative estimate of drug-likeness (QED) is 0.351. The van der Waals surface area contributed by atoms with Crippen molar-refractivity contribution in [3.63, 3.8) is 0 Å². The maximum atomic E-state index is 2.23. The lowest BCUT2D eigenvalue weighted by molar-refractivity contribution is 1.44. The fourth-order valence-electron chi connectivity index (χ4n) is 1.69. The first-order chi connectivity index (χ1) is 10.9. The molecule has 0 radical (unpaired) electrons. The second-order valence-corrected chi connectivity index (χ2v) is 11.2. The van der Waals surface area contributed by atoms with Crippen LogP contribution in [-0.2, 0) is 11.5 Å². The van der Waals surface area contributed by atoms with Gasteiger partial charge in [-0.05, 0) is 22.9 Å². The van der Waals surface area contributed by atoms with Crippen LogP contribution < -0.4 is 0 Å². The Hall–Kier alpha value is 0.800. The first kappa shape index (κ1) is 19.1. The van der Waals surface area contributed by atoms with Crippen LogP contribution in [-0.4, -0.2) is 34.5 Å². The second kappa shape index (κ2) is 13.1. The van der Waals surface area contributed by atoms with Crippen LogP contribution >= 0.6 is 69.7 Å². The van der Waals surface area contributed by atoms with Gasteiger partial charge in [0.25, 0.3) is 0 Å². The zero-order valence-electron chi connectivity index (χ0n) is 12.6. The first-order valence-corrected chi connectivity index (χ1v) is 13.7. The van der Waals surface area contributed by atoms with Crippen LogP contribution in [0, 0.1) is 0 Å². The number of rotatable bonds is 13. The molecule has 0 N–H and O–H groups in total. The molecule has 0 nitrogen and oxygen atoms in total. The van der Waals surface area contributed by atoms with Crippen molar-refractivity contribution < 1.29 is 0 Å². The third-order valence-corrected chi connectivity index (χ3v) is 9.65. The Kier molecular flexibility index (Phi) is 11.4. The lowest BCUT2D eigenvalue weighted by Gasteiger charge is -2.03. The lowest BCUT2D eigenvalue weighted by atomic mass is 10.5. The van der Waals surface area contributed by atoms with Crippen molar-refractivity contribution in [2.75, 3.05) is 34.5 Å². The van der Waals surface area contributed by atoms with E-state index in [1.54, 1.807) is 0 Å². The molecule has 0 aliphatic heterocycles. The smallest absolute Gasteiger partial charge is 0.0279 e. The predicted octanol–water partition coefficient (Wildman–Crippen LogP) is 6.44. The molecule has 0 bridgehead atoms. The van der Waals surface area contributed by atoms with Crippen molar-refractivity contribution in [1.29, 1.82) is 0 Å². The summed E-state index contributed by atoms with van der Waals surface area (Å²) in [5.41, 5.74) is 0. The molecule has 0 aromatic carbocycles. The minimum Gasteiger partial charge on any atom is -0.160 e. The Morgan fingerprint density at radius 1 is 0.591 bits per heavy atom. The summed E-state index contributed by atoms with van der Waals surface area (Å²) >= 11 is 12.1. The zero-order chi connectivity index (χ0) is 15.3. The van der Waals surface area contributed by atoms with E-state index < -0.39 is 0 Å². The summed E-state index contributed by atoms with van der Waals surface area (Å²) in [6, 6.07) is 8.76. The van der Waals surface area contributed by atoms with Gasteiger partial charge in [-0.3, -0.25) is 0 Å². The molecule has 2 rings (SSSR count). The zero-order valence-corrected chi connectivity index (χ0v) is 17.5. The molecule has 2 aromatic rings. The van der Waals surface area contributed by atoms with E-state index in [1.807, 2.05) is 22.7 Å². The van der Waals surface area contributed by atoms with Crippen molar-refractivity contribution in [3.8, 4) is 0 Å². The van der Waals surface area contributed by atoms with Crippen molar-refractivity contribution in [3.05, 3.63) is 44.8 Å². The Morgan fingerprint density at radius 3 is 1.36 bits per heavy atom. The minimum atomic E-state index is 1.19. The summed E-state index contributed by atoms with van der Waals surface area (Å²) in [5.74, 6) is 10.1. The fourth-order valence-corrected chi connectivity index (χ4v) is 7.84. The molecular weight excluding hydrogens is 385 g/mol. The van der Waals surface area contributed by atoms with E-state index in [1.165, 1.54) is 55.8 Å². The van der Waals surface area contributed by atoms with Gasteiger partial charge < -0.3 is 0 Å². The van der Waals surface area contributed by atoms with Gasteiger partial charge in [0.1, 0.15) is 0 Å². The van der Waals surface area contributed by atoms with Gasteiger partial charge in [0.2, 0.25) is 0 Å². The molecule has 0 unspecified atom stereocenters. The van der Waals surface area contributed by atoms with Crippen molar-refractivity contribution in [2.45, 2.75) is 11.5 Å². The predicted molar refractivity (Wildman–Crippen MR) is 116 cm³/mol. The van der Waals surface area contributed by atoms with Crippen molar-refractivity contribution in [1.82, 2.24) is 0 Å². The average molecular weight is 407 g/mol. The molecule has 0 saturated carbocycles. The summed E-state index contributed by atoms with van der Waals surface area (Å²) < 4.78 is 0. The van der Waals surface area contributed by atoms with Crippen LogP contribution in [0.5, 0.6) is 0 Å². The SMILES string of the molecule is c1csc(CSCCSCCSCCSCc2cccs2)c1. The van der Waals surface area contributed by atoms with Crippen LogP contribution in [0.3, 0.4) is 0 Å². The van der Waals surface area contributed by atoms with Crippen molar-refractivity contribution in [2.24, 2.45) is 0 Å². The third kappa shape index (κ3) is 9.18. The number of thioether (sulfide) groups is 4. The average Bonchev–Trinajstić information content (AvgIpc) is 3.21. The van der Waals surface area contributed by atoms with E-state index in [9.17, 15) is 0 Å². The van der Waals surface area contributed by atoms with Crippen LogP contribution in [0.1, 0.15) is 9.75 Å². The molecule has 0 spiro atoms. The molecule has 0 amide bonds. The van der Waals surface area contributed by atoms with Gasteiger partial charge in [-0.15, -0.1) is 22.7 Å². The van der Waals surface area contributed by atoms with E-state index in [4.69, 9.17) is 0 Å². The Balaban J connectivity index is 1.29. The van der Waals surface area contributed by atoms with Gasteiger partial charge in [0, 0.05) is 55.8 Å². The highest BCUT2D eigenvalue weighted by molar-refractivity contribution is 8.05. The molecule has 22 heavy (non-hydrogen) atoms. The number of hydrogen-bond donors (Lipinski definition) is 0. The summed E-state index contributed by atoms with van der Waals surface area (Å²) in [5, 5.41) is 4.33. The highest BCUT2D eigenvalue weighted by Crippen LogP contribution is 2.20. The normalized spacial score (nSPS) is 11.1. The maximum absolute atomic E-state index is 2.23. The number of thiophene rings is 2. The van der Waals surface area contributed by atoms with Crippen LogP contribution in [0.15, 0.2) is 35.0 Å². The third-order valence-electron chi connectivity index (χ3n) is 2.76. The molecule has 0 aliphatic carbocycles. The summed E-state index contributed by atoms with van der Waals surface area (Å²) in [6.07, 6.45) is 0. The van der Waals surface area contributed by atoms with Crippen LogP contribution in [0.25, 0.3) is 0 Å². The van der Waals surface area contributed by atoms with E-state index in [0.29, 0.717) is 0 Å². The lowest BCUT2D eigenvalue weighted by Crippen LogP contribution is -1.92. The second-order valence-electron chi connectivity index (χ2n) is 4.49. The van der Waals surface area contributed by atoms with Gasteiger partial charge in [-0.2, -0.15) is 47.0 Å².